The largest absolute Gasteiger partial charge is 0.460 e. The molecule has 22 heavy (non-hydrogen) atoms. The van der Waals surface area contributed by atoms with Crippen LogP contribution in [0.5, 0.6) is 0 Å². The van der Waals surface area contributed by atoms with Gasteiger partial charge in [0.1, 0.15) is 13.2 Å². The number of likely N-dealkylation sites (N-methyl/N-ethyl adjacent to an activating group) is 1. The first-order chi connectivity index (χ1) is 10.5. The Balaban J connectivity index is 2.24. The van der Waals surface area contributed by atoms with Crippen molar-refractivity contribution in [3.8, 4) is 0 Å². The molecular weight excluding hydrogens is 284 g/mol. The number of hydrazine groups is 1. The maximum atomic E-state index is 11.7. The maximum absolute atomic E-state index is 11.7. The van der Waals surface area contributed by atoms with Crippen molar-refractivity contribution in [3.05, 3.63) is 35.9 Å². The summed E-state index contributed by atoms with van der Waals surface area (Å²) < 4.78 is 5.13. The minimum Gasteiger partial charge on any atom is -0.460 e. The van der Waals surface area contributed by atoms with Gasteiger partial charge in [0.25, 0.3) is 0 Å². The maximum Gasteiger partial charge on any atom is 0.322 e. The van der Waals surface area contributed by atoms with E-state index in [0.717, 1.165) is 5.56 Å². The zero-order valence-corrected chi connectivity index (χ0v) is 12.8. The average molecular weight is 308 g/mol. The number of amides is 1. The molecule has 0 aliphatic carbocycles. The number of hydrogen-bond donors (Lipinski definition) is 3. The molecule has 0 unspecified atom stereocenters. The van der Waals surface area contributed by atoms with Crippen molar-refractivity contribution in [2.45, 2.75) is 25.5 Å². The molecule has 1 amide bonds. The smallest absolute Gasteiger partial charge is 0.322 e. The van der Waals surface area contributed by atoms with E-state index in [1.165, 1.54) is 5.01 Å². The highest BCUT2D eigenvalue weighted by atomic mass is 16.5. The first kappa shape index (κ1) is 18.1. The number of hydrogen-bond acceptors (Lipinski definition) is 6. The predicted octanol–water partition coefficient (Wildman–Crippen LogP) is -0.241. The van der Waals surface area contributed by atoms with Crippen LogP contribution < -0.4 is 16.9 Å². The molecule has 7 heteroatoms. The fraction of sp³-hybridized carbons (Fsp3) is 0.467. The molecule has 122 valence electrons. The molecule has 1 aromatic carbocycles. The van der Waals surface area contributed by atoms with Crippen LogP contribution in [0.3, 0.4) is 0 Å². The molecule has 1 atom stereocenters. The van der Waals surface area contributed by atoms with Crippen LogP contribution in [0.15, 0.2) is 30.3 Å². The van der Waals surface area contributed by atoms with Gasteiger partial charge in [0, 0.05) is 19.5 Å². The monoisotopic (exact) mass is 308 g/mol. The summed E-state index contributed by atoms with van der Waals surface area (Å²) >= 11 is 0. The molecule has 0 heterocycles. The van der Waals surface area contributed by atoms with Crippen LogP contribution in [-0.2, 0) is 20.9 Å². The van der Waals surface area contributed by atoms with Gasteiger partial charge < -0.3 is 16.2 Å². The Morgan fingerprint density at radius 3 is 2.64 bits per heavy atom. The van der Waals surface area contributed by atoms with E-state index >= 15 is 0 Å². The Kier molecular flexibility index (Phi) is 8.13. The van der Waals surface area contributed by atoms with Gasteiger partial charge >= 0.3 is 5.97 Å². The van der Waals surface area contributed by atoms with Crippen LogP contribution in [0.2, 0.25) is 0 Å². The average Bonchev–Trinajstić information content (AvgIpc) is 2.46. The first-order valence-electron chi connectivity index (χ1n) is 7.17. The third-order valence-corrected chi connectivity index (χ3v) is 2.91. The second kappa shape index (κ2) is 9.88. The summed E-state index contributed by atoms with van der Waals surface area (Å²) in [5, 5.41) is 1.38. The Labute approximate surface area is 130 Å². The van der Waals surface area contributed by atoms with Crippen molar-refractivity contribution >= 4 is 11.9 Å². The number of esters is 1. The van der Waals surface area contributed by atoms with Gasteiger partial charge in [-0.2, -0.15) is 0 Å². The molecule has 0 fully saturated rings. The van der Waals surface area contributed by atoms with E-state index in [1.807, 2.05) is 30.3 Å². The number of carbonyl (C=O) groups is 2. The number of nitrogens with two attached hydrogens (primary N) is 2. The van der Waals surface area contributed by atoms with Gasteiger partial charge in [-0.05, 0) is 18.5 Å². The topological polar surface area (TPSA) is 111 Å². The van der Waals surface area contributed by atoms with Crippen LogP contribution in [0.1, 0.15) is 18.4 Å². The van der Waals surface area contributed by atoms with Crippen molar-refractivity contribution in [1.82, 2.24) is 10.4 Å². The van der Waals surface area contributed by atoms with Gasteiger partial charge in [0.2, 0.25) is 5.91 Å². The SMILES string of the molecule is CN(CC(=O)OCc1ccccc1)NC(=O)C[C@@H](N)CCN. The highest BCUT2D eigenvalue weighted by Gasteiger charge is 2.13. The fourth-order valence-corrected chi connectivity index (χ4v) is 1.83. The molecule has 1 rings (SSSR count). The molecule has 1 aromatic rings. The third-order valence-electron chi connectivity index (χ3n) is 2.91. The van der Waals surface area contributed by atoms with Crippen molar-refractivity contribution in [1.29, 1.82) is 0 Å². The zero-order valence-electron chi connectivity index (χ0n) is 12.8. The number of benzene rings is 1. The van der Waals surface area contributed by atoms with E-state index in [1.54, 1.807) is 7.05 Å². The van der Waals surface area contributed by atoms with Crippen molar-refractivity contribution in [2.75, 3.05) is 20.1 Å². The van der Waals surface area contributed by atoms with Crippen molar-refractivity contribution < 1.29 is 14.3 Å². The molecule has 0 aliphatic heterocycles. The fourth-order valence-electron chi connectivity index (χ4n) is 1.83. The highest BCUT2D eigenvalue weighted by Crippen LogP contribution is 2.01. The van der Waals surface area contributed by atoms with Gasteiger partial charge in [0.05, 0.1) is 0 Å². The molecule has 7 nitrogen and oxygen atoms in total. The number of rotatable bonds is 9. The second-order valence-corrected chi connectivity index (χ2v) is 5.08. The van der Waals surface area contributed by atoms with E-state index < -0.39 is 5.97 Å². The first-order valence-corrected chi connectivity index (χ1v) is 7.17. The zero-order chi connectivity index (χ0) is 16.4. The molecule has 0 radical (unpaired) electrons. The molecule has 0 saturated carbocycles. The lowest BCUT2D eigenvalue weighted by atomic mass is 10.1. The predicted molar refractivity (Wildman–Crippen MR) is 83.3 cm³/mol. The highest BCUT2D eigenvalue weighted by molar-refractivity contribution is 5.77. The van der Waals surface area contributed by atoms with E-state index in [9.17, 15) is 9.59 Å². The quantitative estimate of drug-likeness (QED) is 0.429. The second-order valence-electron chi connectivity index (χ2n) is 5.08. The molecular formula is C15H24N4O3. The van der Waals surface area contributed by atoms with Crippen molar-refractivity contribution in [2.24, 2.45) is 11.5 Å². The van der Waals surface area contributed by atoms with Crippen LogP contribution >= 0.6 is 0 Å². The summed E-state index contributed by atoms with van der Waals surface area (Å²) in [7, 11) is 1.59. The van der Waals surface area contributed by atoms with Crippen molar-refractivity contribution in [3.63, 3.8) is 0 Å². The number of nitrogens with zero attached hydrogens (tertiary/aromatic N) is 1. The summed E-state index contributed by atoms with van der Waals surface area (Å²) in [6, 6.07) is 9.11. The molecule has 0 spiro atoms. The Morgan fingerprint density at radius 1 is 1.32 bits per heavy atom. The van der Waals surface area contributed by atoms with Gasteiger partial charge in [-0.3, -0.25) is 15.0 Å². The Hall–Kier alpha value is -1.96. The number of carbonyl (C=O) groups excluding carboxylic acids is 2. The van der Waals surface area contributed by atoms with Gasteiger partial charge in [-0.1, -0.05) is 30.3 Å². The lowest BCUT2D eigenvalue weighted by Crippen LogP contribution is -2.44. The standard InChI is InChI=1S/C15H24N4O3/c1-19(18-14(20)9-13(17)7-8-16)10-15(21)22-11-12-5-3-2-4-6-12/h2-6,13H,7-11,16-17H2,1H3,(H,18,20)/t13-/m0/s1. The number of ether oxygens (including phenoxy) is 1. The molecule has 0 aliphatic rings. The third kappa shape index (κ3) is 7.72. The van der Waals surface area contributed by atoms with Gasteiger partial charge in [0.15, 0.2) is 0 Å². The minimum absolute atomic E-state index is 0.0370. The lowest BCUT2D eigenvalue weighted by Gasteiger charge is -2.18. The van der Waals surface area contributed by atoms with Gasteiger partial charge in [-0.25, -0.2) is 5.01 Å². The van der Waals surface area contributed by atoms with Crippen LogP contribution in [0.4, 0.5) is 0 Å². The summed E-state index contributed by atoms with van der Waals surface area (Å²) in [5.74, 6) is -0.669. The van der Waals surface area contributed by atoms with Gasteiger partial charge in [-0.15, -0.1) is 0 Å². The van der Waals surface area contributed by atoms with Crippen LogP contribution in [0, 0.1) is 0 Å². The van der Waals surface area contributed by atoms with E-state index in [4.69, 9.17) is 16.2 Å². The molecule has 0 bridgehead atoms. The molecule has 5 N–H and O–H groups in total. The van der Waals surface area contributed by atoms with Crippen LogP contribution in [-0.4, -0.2) is 43.1 Å². The molecule has 0 aromatic heterocycles. The Bertz CT molecular complexity index is 467. The summed E-state index contributed by atoms with van der Waals surface area (Å²) in [4.78, 5) is 23.4. The normalized spacial score (nSPS) is 12.0. The van der Waals surface area contributed by atoms with E-state index in [0.29, 0.717) is 13.0 Å². The summed E-state index contributed by atoms with van der Waals surface area (Å²) in [6.07, 6.45) is 0.747. The van der Waals surface area contributed by atoms with Crippen LogP contribution in [0.25, 0.3) is 0 Å². The van der Waals surface area contributed by atoms with E-state index in [2.05, 4.69) is 5.43 Å². The summed E-state index contributed by atoms with van der Waals surface area (Å²) in [5.41, 5.74) is 14.6. The molecule has 0 saturated heterocycles. The lowest BCUT2D eigenvalue weighted by molar-refractivity contribution is -0.147. The number of nitrogens with one attached hydrogen (secondary N) is 1. The Morgan fingerprint density at radius 2 is 2.00 bits per heavy atom. The minimum atomic E-state index is -0.419. The van der Waals surface area contributed by atoms with E-state index in [-0.39, 0.29) is 31.5 Å². The summed E-state index contributed by atoms with van der Waals surface area (Å²) in [6.45, 7) is 0.615.